The van der Waals surface area contributed by atoms with Crippen LogP contribution < -0.4 is 0 Å². The summed E-state index contributed by atoms with van der Waals surface area (Å²) in [6, 6.07) is 0. The van der Waals surface area contributed by atoms with Crippen molar-refractivity contribution < 1.29 is 12.6 Å². The van der Waals surface area contributed by atoms with Crippen molar-refractivity contribution in [1.29, 1.82) is 0 Å². The predicted molar refractivity (Wildman–Crippen MR) is 31.7 cm³/mol. The van der Waals surface area contributed by atoms with Crippen LogP contribution in [0.1, 0.15) is 23.5 Å². The summed E-state index contributed by atoms with van der Waals surface area (Å²) >= 11 is 0. The Morgan fingerprint density at radius 3 is 2.25 bits per heavy atom. The summed E-state index contributed by atoms with van der Waals surface area (Å²) in [6.45, 7) is 1.23. The highest BCUT2D eigenvalue weighted by atomic mass is 16.4. The van der Waals surface area contributed by atoms with Gasteiger partial charge in [0.05, 0.1) is 0 Å². The first kappa shape index (κ1) is 4.13. The molecule has 0 heterocycles. The number of carboxylic acids is 1. The SMILES string of the molecule is [2H]CC(C[2H])=C(C)C(=O)O. The first-order valence-corrected chi connectivity index (χ1v) is 2.13. The Kier molecular flexibility index (Phi) is 1.29. The molecule has 0 atom stereocenters. The summed E-state index contributed by atoms with van der Waals surface area (Å²) in [5.41, 5.74) is 0.498. The van der Waals surface area contributed by atoms with Crippen LogP contribution in [0, 0.1) is 0 Å². The molecule has 2 nitrogen and oxygen atoms in total. The minimum atomic E-state index is -1.03. The van der Waals surface area contributed by atoms with E-state index in [9.17, 15) is 4.79 Å². The van der Waals surface area contributed by atoms with Gasteiger partial charge in [-0.3, -0.25) is 0 Å². The van der Waals surface area contributed by atoms with Crippen LogP contribution in [0.2, 0.25) is 0 Å². The second-order valence-corrected chi connectivity index (χ2v) is 1.53. The van der Waals surface area contributed by atoms with Crippen molar-refractivity contribution >= 4 is 5.97 Å². The molecule has 0 saturated carbocycles. The molecular formula is C6H10O2. The summed E-state index contributed by atoms with van der Waals surface area (Å²) in [5.74, 6) is -1.03. The van der Waals surface area contributed by atoms with Crippen molar-refractivity contribution in [3.63, 3.8) is 0 Å². The largest absolute Gasteiger partial charge is 0.478 e. The monoisotopic (exact) mass is 116 g/mol. The van der Waals surface area contributed by atoms with Gasteiger partial charge in [-0.1, -0.05) is 5.57 Å². The Morgan fingerprint density at radius 1 is 1.62 bits per heavy atom. The average molecular weight is 116 g/mol. The molecule has 0 fully saturated rings. The Bertz CT molecular complexity index is 157. The van der Waals surface area contributed by atoms with E-state index in [2.05, 4.69) is 0 Å². The first-order valence-electron chi connectivity index (χ1n) is 3.55. The molecule has 0 aliphatic heterocycles. The van der Waals surface area contributed by atoms with Gasteiger partial charge in [-0.15, -0.1) is 0 Å². The molecule has 1 N–H and O–H groups in total. The number of allylic oxidation sites excluding steroid dienone is 1. The van der Waals surface area contributed by atoms with Crippen LogP contribution in [0.4, 0.5) is 0 Å². The van der Waals surface area contributed by atoms with Crippen molar-refractivity contribution in [1.82, 2.24) is 0 Å². The van der Waals surface area contributed by atoms with Crippen molar-refractivity contribution in [2.75, 3.05) is 0 Å². The zero-order valence-corrected chi connectivity index (χ0v) is 4.77. The van der Waals surface area contributed by atoms with E-state index in [1.54, 1.807) is 0 Å². The number of carboxylic acid groups (broad SMARTS) is 1. The fourth-order valence-electron chi connectivity index (χ4n) is 0.151. The highest BCUT2D eigenvalue weighted by Gasteiger charge is 1.98. The molecule has 0 spiro atoms. The lowest BCUT2D eigenvalue weighted by atomic mass is 10.2. The Balaban J connectivity index is 4.43. The van der Waals surface area contributed by atoms with Gasteiger partial charge in [0.1, 0.15) is 0 Å². The molecule has 0 radical (unpaired) electrons. The molecule has 46 valence electrons. The van der Waals surface area contributed by atoms with Crippen molar-refractivity contribution in [3.8, 4) is 0 Å². The maximum atomic E-state index is 10.2. The maximum absolute atomic E-state index is 10.2. The van der Waals surface area contributed by atoms with Crippen molar-refractivity contribution in [2.24, 2.45) is 0 Å². The van der Waals surface area contributed by atoms with Crippen LogP contribution >= 0.6 is 0 Å². The van der Waals surface area contributed by atoms with Crippen LogP contribution in [0.5, 0.6) is 0 Å². The van der Waals surface area contributed by atoms with Gasteiger partial charge in [0.15, 0.2) is 0 Å². The summed E-state index contributed by atoms with van der Waals surface area (Å²) in [5, 5.41) is 8.39. The quantitative estimate of drug-likeness (QED) is 0.526. The van der Waals surface area contributed by atoms with Gasteiger partial charge in [-0.2, -0.15) is 0 Å². The zero-order valence-electron chi connectivity index (χ0n) is 6.77. The lowest BCUT2D eigenvalue weighted by Crippen LogP contribution is -1.97. The van der Waals surface area contributed by atoms with Gasteiger partial charge >= 0.3 is 5.97 Å². The van der Waals surface area contributed by atoms with E-state index in [0.717, 1.165) is 0 Å². The Hall–Kier alpha value is -0.790. The molecule has 2 heteroatoms. The fraction of sp³-hybridized carbons (Fsp3) is 0.500. The second-order valence-electron chi connectivity index (χ2n) is 1.53. The zero-order chi connectivity index (χ0) is 8.15. The summed E-state index contributed by atoms with van der Waals surface area (Å²) in [4.78, 5) is 10.2. The van der Waals surface area contributed by atoms with Gasteiger partial charge in [0.2, 0.25) is 0 Å². The molecule has 0 amide bonds. The van der Waals surface area contributed by atoms with E-state index >= 15 is 0 Å². The maximum Gasteiger partial charge on any atom is 0.331 e. The number of hydrogen-bond acceptors (Lipinski definition) is 1. The fourth-order valence-corrected chi connectivity index (χ4v) is 0.151. The van der Waals surface area contributed by atoms with Crippen LogP contribution in [-0.2, 0) is 4.79 Å². The predicted octanol–water partition coefficient (Wildman–Crippen LogP) is 1.43. The van der Waals surface area contributed by atoms with E-state index in [1.165, 1.54) is 6.92 Å². The smallest absolute Gasteiger partial charge is 0.331 e. The van der Waals surface area contributed by atoms with Gasteiger partial charge in [-0.25, -0.2) is 4.79 Å². The summed E-state index contributed by atoms with van der Waals surface area (Å²) in [7, 11) is 0. The summed E-state index contributed by atoms with van der Waals surface area (Å²) < 4.78 is 13.7. The van der Waals surface area contributed by atoms with Gasteiger partial charge in [0.25, 0.3) is 0 Å². The molecule has 0 aromatic rings. The van der Waals surface area contributed by atoms with Gasteiger partial charge in [0, 0.05) is 8.31 Å². The highest BCUT2D eigenvalue weighted by molar-refractivity contribution is 5.86. The number of rotatable bonds is 1. The molecular weight excluding hydrogens is 104 g/mol. The van der Waals surface area contributed by atoms with Crippen LogP contribution in [-0.4, -0.2) is 11.1 Å². The van der Waals surface area contributed by atoms with Crippen LogP contribution in [0.3, 0.4) is 0 Å². The minimum absolute atomic E-state index is 0.0956. The van der Waals surface area contributed by atoms with Gasteiger partial charge in [-0.05, 0) is 20.7 Å². The standard InChI is InChI=1S/C6H10O2/c1-4(2)5(3)6(7)8/h1-3H3,(H,7,8)/i1D,2D. The number of aliphatic carboxylic acids is 1. The second kappa shape index (κ2) is 2.50. The Labute approximate surface area is 51.6 Å². The molecule has 0 rings (SSSR count). The van der Waals surface area contributed by atoms with Crippen LogP contribution in [0.25, 0.3) is 0 Å². The highest BCUT2D eigenvalue weighted by Crippen LogP contribution is 1.99. The van der Waals surface area contributed by atoms with E-state index in [-0.39, 0.29) is 19.4 Å². The molecule has 8 heavy (non-hydrogen) atoms. The molecule has 0 aliphatic rings. The third-order valence-corrected chi connectivity index (χ3v) is 0.851. The molecule has 0 aliphatic carbocycles. The van der Waals surface area contributed by atoms with Crippen molar-refractivity contribution in [3.05, 3.63) is 11.1 Å². The van der Waals surface area contributed by atoms with E-state index in [4.69, 9.17) is 7.85 Å². The third-order valence-electron chi connectivity index (χ3n) is 0.851. The van der Waals surface area contributed by atoms with Gasteiger partial charge < -0.3 is 5.11 Å². The lowest BCUT2D eigenvalue weighted by Gasteiger charge is -1.92. The first-order chi connectivity index (χ1) is 4.63. The van der Waals surface area contributed by atoms with E-state index in [0.29, 0.717) is 5.57 Å². The Morgan fingerprint density at radius 2 is 2.12 bits per heavy atom. The molecule has 0 saturated heterocycles. The molecule has 0 aromatic heterocycles. The van der Waals surface area contributed by atoms with E-state index < -0.39 is 5.97 Å². The van der Waals surface area contributed by atoms with Crippen LogP contribution in [0.15, 0.2) is 11.1 Å². The minimum Gasteiger partial charge on any atom is -0.478 e. The average Bonchev–Trinajstić information content (AvgIpc) is 1.90. The van der Waals surface area contributed by atoms with E-state index in [1.807, 2.05) is 0 Å². The number of carbonyl (C=O) groups is 1. The lowest BCUT2D eigenvalue weighted by molar-refractivity contribution is -0.132. The third kappa shape index (κ3) is 1.78. The number of hydrogen-bond donors (Lipinski definition) is 1. The molecule has 0 aromatic carbocycles. The van der Waals surface area contributed by atoms with Crippen molar-refractivity contribution in [2.45, 2.75) is 20.7 Å². The topological polar surface area (TPSA) is 37.3 Å². The molecule has 0 unspecified atom stereocenters. The summed E-state index contributed by atoms with van der Waals surface area (Å²) in [6.07, 6.45) is 0. The molecule has 0 bridgehead atoms. The normalized spacial score (nSPS) is 11.6.